The quantitative estimate of drug-likeness (QED) is 0.280. The zero-order chi connectivity index (χ0) is 21.6. The van der Waals surface area contributed by atoms with Crippen LogP contribution in [0.4, 0.5) is 11.4 Å². The third-order valence-corrected chi connectivity index (χ3v) is 6.33. The van der Waals surface area contributed by atoms with Gasteiger partial charge in [-0.2, -0.15) is 0 Å². The summed E-state index contributed by atoms with van der Waals surface area (Å²) in [6, 6.07) is 12.2. The minimum Gasteiger partial charge on any atom is -0.353 e. The molecular formula is C19H23N3O5S2. The predicted octanol–water partition coefficient (Wildman–Crippen LogP) is 2.97. The Morgan fingerprint density at radius 3 is 2.48 bits per heavy atom. The summed E-state index contributed by atoms with van der Waals surface area (Å²) < 4.78 is 25.4. The zero-order valence-electron chi connectivity index (χ0n) is 16.4. The van der Waals surface area contributed by atoms with Gasteiger partial charge < -0.3 is 5.32 Å². The summed E-state index contributed by atoms with van der Waals surface area (Å²) in [7, 11) is -3.84. The fourth-order valence-electron chi connectivity index (χ4n) is 2.68. The van der Waals surface area contributed by atoms with Gasteiger partial charge in [0.15, 0.2) is 0 Å². The molecule has 0 fully saturated rings. The van der Waals surface area contributed by atoms with E-state index in [1.165, 1.54) is 30.7 Å². The standard InChI is InChI=1S/C19H23N3O5S2/c1-14-7-9-18(10-8-14)28-12-11-20-19(23)15(2)21(29(3,26)27)16-5-4-6-17(13-16)22(24)25/h4-10,13,15H,11-12H2,1-3H3,(H,20,23)/t15-/m1/s1. The molecule has 2 aromatic carbocycles. The Morgan fingerprint density at radius 2 is 1.90 bits per heavy atom. The molecule has 29 heavy (non-hydrogen) atoms. The Morgan fingerprint density at radius 1 is 1.24 bits per heavy atom. The Labute approximate surface area is 174 Å². The van der Waals surface area contributed by atoms with Crippen LogP contribution in [0.15, 0.2) is 53.4 Å². The van der Waals surface area contributed by atoms with Crippen molar-refractivity contribution in [3.63, 3.8) is 0 Å². The van der Waals surface area contributed by atoms with Crippen molar-refractivity contribution in [3.8, 4) is 0 Å². The minimum absolute atomic E-state index is 0.0679. The van der Waals surface area contributed by atoms with Gasteiger partial charge in [-0.3, -0.25) is 19.2 Å². The number of nitrogens with zero attached hydrogens (tertiary/aromatic N) is 2. The lowest BCUT2D eigenvalue weighted by Crippen LogP contribution is -2.48. The molecule has 0 aliphatic carbocycles. The van der Waals surface area contributed by atoms with Crippen LogP contribution in [0.3, 0.4) is 0 Å². The first-order chi connectivity index (χ1) is 13.6. The Hall–Kier alpha value is -2.59. The molecular weight excluding hydrogens is 414 g/mol. The minimum atomic E-state index is -3.84. The molecule has 0 radical (unpaired) electrons. The number of nitro benzene ring substituents is 1. The Kier molecular flexibility index (Phi) is 7.63. The zero-order valence-corrected chi connectivity index (χ0v) is 18.0. The second-order valence-corrected chi connectivity index (χ2v) is 9.49. The average Bonchev–Trinajstić information content (AvgIpc) is 2.65. The molecule has 2 aromatic rings. The number of carbonyl (C=O) groups is 1. The highest BCUT2D eigenvalue weighted by Gasteiger charge is 2.29. The van der Waals surface area contributed by atoms with Gasteiger partial charge in [-0.25, -0.2) is 8.42 Å². The number of aryl methyl sites for hydroxylation is 1. The number of benzene rings is 2. The van der Waals surface area contributed by atoms with E-state index in [2.05, 4.69) is 5.32 Å². The van der Waals surface area contributed by atoms with Crippen LogP contribution in [0.2, 0.25) is 0 Å². The summed E-state index contributed by atoms with van der Waals surface area (Å²) in [6.07, 6.45) is 0.961. The number of hydrogen-bond donors (Lipinski definition) is 1. The molecule has 0 saturated carbocycles. The summed E-state index contributed by atoms with van der Waals surface area (Å²) in [5.41, 5.74) is 0.982. The van der Waals surface area contributed by atoms with Crippen LogP contribution in [0.5, 0.6) is 0 Å². The number of thioether (sulfide) groups is 1. The van der Waals surface area contributed by atoms with Crippen molar-refractivity contribution in [2.75, 3.05) is 22.9 Å². The average molecular weight is 438 g/mol. The molecule has 1 amide bonds. The SMILES string of the molecule is Cc1ccc(SCCNC(=O)[C@@H](C)N(c2cccc([N+](=O)[O-])c2)S(C)(=O)=O)cc1. The number of nitrogens with one attached hydrogen (secondary N) is 1. The van der Waals surface area contributed by atoms with Gasteiger partial charge in [-0.15, -0.1) is 11.8 Å². The van der Waals surface area contributed by atoms with E-state index in [0.29, 0.717) is 12.3 Å². The molecule has 156 valence electrons. The van der Waals surface area contributed by atoms with Crippen molar-refractivity contribution >= 4 is 39.1 Å². The van der Waals surface area contributed by atoms with Crippen molar-refractivity contribution in [1.29, 1.82) is 0 Å². The largest absolute Gasteiger partial charge is 0.353 e. The van der Waals surface area contributed by atoms with Crippen molar-refractivity contribution in [3.05, 3.63) is 64.2 Å². The first kappa shape index (κ1) is 22.7. The number of amides is 1. The van der Waals surface area contributed by atoms with E-state index in [-0.39, 0.29) is 11.4 Å². The summed E-state index contributed by atoms with van der Waals surface area (Å²) in [4.78, 5) is 24.0. The van der Waals surface area contributed by atoms with Gasteiger partial charge in [-0.1, -0.05) is 23.8 Å². The van der Waals surface area contributed by atoms with Gasteiger partial charge >= 0.3 is 0 Å². The van der Waals surface area contributed by atoms with Crippen LogP contribution in [0, 0.1) is 17.0 Å². The molecule has 10 heteroatoms. The highest BCUT2D eigenvalue weighted by molar-refractivity contribution is 7.99. The molecule has 0 saturated heterocycles. The van der Waals surface area contributed by atoms with E-state index in [1.807, 2.05) is 31.2 Å². The molecule has 0 aliphatic heterocycles. The van der Waals surface area contributed by atoms with Gasteiger partial charge in [0.25, 0.3) is 5.69 Å². The fourth-order valence-corrected chi connectivity index (χ4v) is 4.61. The number of sulfonamides is 1. The van der Waals surface area contributed by atoms with Gasteiger partial charge in [0.1, 0.15) is 6.04 Å². The molecule has 0 heterocycles. The summed E-state index contributed by atoms with van der Waals surface area (Å²) in [6.45, 7) is 3.81. The van der Waals surface area contributed by atoms with Crippen LogP contribution in [-0.2, 0) is 14.8 Å². The van der Waals surface area contributed by atoms with E-state index in [0.717, 1.165) is 21.5 Å². The smallest absolute Gasteiger partial charge is 0.271 e. The van der Waals surface area contributed by atoms with Crippen LogP contribution in [0.1, 0.15) is 12.5 Å². The second-order valence-electron chi connectivity index (χ2n) is 6.46. The molecule has 1 N–H and O–H groups in total. The van der Waals surface area contributed by atoms with E-state index in [1.54, 1.807) is 11.8 Å². The maximum absolute atomic E-state index is 12.5. The second kappa shape index (κ2) is 9.75. The van der Waals surface area contributed by atoms with Crippen molar-refractivity contribution in [2.24, 2.45) is 0 Å². The maximum atomic E-state index is 12.5. The summed E-state index contributed by atoms with van der Waals surface area (Å²) in [5.74, 6) is 0.142. The molecule has 0 aromatic heterocycles. The van der Waals surface area contributed by atoms with E-state index < -0.39 is 26.9 Å². The van der Waals surface area contributed by atoms with Crippen LogP contribution in [0.25, 0.3) is 0 Å². The first-order valence-electron chi connectivity index (χ1n) is 8.80. The first-order valence-corrected chi connectivity index (χ1v) is 11.6. The third-order valence-electron chi connectivity index (χ3n) is 4.07. The third kappa shape index (κ3) is 6.47. The highest BCUT2D eigenvalue weighted by Crippen LogP contribution is 2.25. The van der Waals surface area contributed by atoms with Crippen molar-refractivity contribution in [1.82, 2.24) is 5.32 Å². The monoisotopic (exact) mass is 437 g/mol. The molecule has 0 spiro atoms. The summed E-state index contributed by atoms with van der Waals surface area (Å²) >= 11 is 1.58. The summed E-state index contributed by atoms with van der Waals surface area (Å²) in [5, 5.41) is 13.7. The molecule has 0 bridgehead atoms. The number of anilines is 1. The fraction of sp³-hybridized carbons (Fsp3) is 0.316. The molecule has 1 atom stereocenters. The number of carbonyl (C=O) groups excluding carboxylic acids is 1. The number of hydrogen-bond acceptors (Lipinski definition) is 6. The van der Waals surface area contributed by atoms with Gasteiger partial charge in [0, 0.05) is 29.3 Å². The topological polar surface area (TPSA) is 110 Å². The number of rotatable bonds is 9. The van der Waals surface area contributed by atoms with Gasteiger partial charge in [0.05, 0.1) is 16.9 Å². The molecule has 0 aliphatic rings. The lowest BCUT2D eigenvalue weighted by Gasteiger charge is -2.28. The van der Waals surface area contributed by atoms with Crippen LogP contribution >= 0.6 is 11.8 Å². The molecule has 8 nitrogen and oxygen atoms in total. The van der Waals surface area contributed by atoms with Crippen molar-refractivity contribution < 1.29 is 18.1 Å². The van der Waals surface area contributed by atoms with E-state index >= 15 is 0 Å². The van der Waals surface area contributed by atoms with Gasteiger partial charge in [-0.05, 0) is 32.0 Å². The Bertz CT molecular complexity index is 978. The van der Waals surface area contributed by atoms with E-state index in [9.17, 15) is 23.3 Å². The van der Waals surface area contributed by atoms with Crippen LogP contribution < -0.4 is 9.62 Å². The number of non-ortho nitro benzene ring substituents is 1. The maximum Gasteiger partial charge on any atom is 0.271 e. The number of nitro groups is 1. The highest BCUT2D eigenvalue weighted by atomic mass is 32.2. The molecule has 0 unspecified atom stereocenters. The van der Waals surface area contributed by atoms with Crippen LogP contribution in [-0.4, -0.2) is 43.8 Å². The Balaban J connectivity index is 2.04. The van der Waals surface area contributed by atoms with Crippen molar-refractivity contribution in [2.45, 2.75) is 24.8 Å². The lowest BCUT2D eigenvalue weighted by molar-refractivity contribution is -0.384. The lowest BCUT2D eigenvalue weighted by atomic mass is 10.2. The van der Waals surface area contributed by atoms with E-state index in [4.69, 9.17) is 0 Å². The molecule has 2 rings (SSSR count). The predicted molar refractivity (Wildman–Crippen MR) is 115 cm³/mol. The van der Waals surface area contributed by atoms with Gasteiger partial charge in [0.2, 0.25) is 15.9 Å². The normalized spacial score (nSPS) is 12.2.